The Morgan fingerprint density at radius 1 is 0.254 bits per heavy atom. The van der Waals surface area contributed by atoms with E-state index in [0.29, 0.717) is 33.0 Å². The van der Waals surface area contributed by atoms with Crippen LogP contribution in [0.15, 0.2) is 0 Å². The third-order valence-corrected chi connectivity index (χ3v) is 9.87. The molecule has 0 radical (unpaired) electrons. The van der Waals surface area contributed by atoms with E-state index in [0.717, 1.165) is 6.42 Å². The van der Waals surface area contributed by atoms with E-state index in [1.807, 2.05) is 0 Å². The van der Waals surface area contributed by atoms with Crippen LogP contribution in [-0.4, -0.2) is 309 Å². The van der Waals surface area contributed by atoms with Crippen LogP contribution in [0.3, 0.4) is 0 Å². The summed E-state index contributed by atoms with van der Waals surface area (Å²) in [6.07, 6.45) is -4.23. The summed E-state index contributed by atoms with van der Waals surface area (Å²) in [7, 11) is 17.4. The molecule has 0 aliphatic rings. The molecule has 24 heteroatoms. The fourth-order valence-electron chi connectivity index (χ4n) is 6.38. The summed E-state index contributed by atoms with van der Waals surface area (Å²) in [6.45, 7) is 6.16. The zero-order valence-corrected chi connectivity index (χ0v) is 45.0. The molecule has 0 saturated heterocycles. The molecule has 0 aromatic carbocycles. The highest BCUT2D eigenvalue weighted by Gasteiger charge is 2.25. The van der Waals surface area contributed by atoms with Crippen molar-refractivity contribution in [2.24, 2.45) is 5.73 Å². The molecule has 0 aromatic heterocycles. The first-order valence-corrected chi connectivity index (χ1v) is 24.1. The maximum atomic E-state index is 10.00. The lowest BCUT2D eigenvalue weighted by Crippen LogP contribution is -2.39. The SMILES string of the molecule is COCC(O)COC(COC)COC(COC)COC(COC)COC(COC)COC(COC)COC(COC)COC(COC)COC(COC)COC(COC)COC(COC)COCCCN. The topological polar surface area (TPSA) is 249 Å². The average Bonchev–Trinajstić information content (AvgIpc) is 3.36. The zero-order valence-electron chi connectivity index (χ0n) is 45.0. The van der Waals surface area contributed by atoms with Gasteiger partial charge in [-0.25, -0.2) is 0 Å². The summed E-state index contributed by atoms with van der Waals surface area (Å²) >= 11 is 0. The predicted molar refractivity (Wildman–Crippen MR) is 259 cm³/mol. The minimum atomic E-state index is -0.771. The van der Waals surface area contributed by atoms with Gasteiger partial charge in [-0.15, -0.1) is 0 Å². The first-order valence-electron chi connectivity index (χ1n) is 24.1. The summed E-state index contributed by atoms with van der Waals surface area (Å²) in [5.74, 6) is 0. The zero-order chi connectivity index (χ0) is 52.6. The van der Waals surface area contributed by atoms with Gasteiger partial charge in [-0.3, -0.25) is 0 Å². The van der Waals surface area contributed by atoms with E-state index in [9.17, 15) is 5.11 Å². The summed E-state index contributed by atoms with van der Waals surface area (Å²) in [5.41, 5.74) is 5.57. The van der Waals surface area contributed by atoms with Crippen LogP contribution in [-0.2, 0) is 104 Å². The van der Waals surface area contributed by atoms with Gasteiger partial charge in [-0.2, -0.15) is 0 Å². The van der Waals surface area contributed by atoms with Gasteiger partial charge in [-0.1, -0.05) is 0 Å². The lowest BCUT2D eigenvalue weighted by atomic mass is 10.3. The van der Waals surface area contributed by atoms with Crippen molar-refractivity contribution >= 4 is 0 Å². The molecular formula is C47H97NO23. The molecule has 11 atom stereocenters. The molecule has 0 bridgehead atoms. The second kappa shape index (κ2) is 51.2. The average molecular weight is 1040 g/mol. The first kappa shape index (κ1) is 70.0. The van der Waals surface area contributed by atoms with Crippen molar-refractivity contribution in [3.8, 4) is 0 Å². The van der Waals surface area contributed by atoms with Crippen LogP contribution < -0.4 is 5.73 Å². The minimum Gasteiger partial charge on any atom is -0.388 e. The minimum absolute atomic E-state index is 0.0705. The smallest absolute Gasteiger partial charge is 0.104 e. The summed E-state index contributed by atoms with van der Waals surface area (Å²) in [6, 6.07) is 0. The molecule has 428 valence electrons. The standard InChI is InChI=1S/C47H97NO23/c1-50-15-37(49)16-62-39(18-52-3)28-64-41(20-54-5)30-66-43(22-56-7)32-68-45(24-58-9)34-70-47(26-60-11)36-71-46(25-59-10)35-69-44(23-57-8)33-67-42(21-55-6)31-65-40(19-53-4)29-63-38(17-51-2)27-61-14-12-13-48/h37-47,49H,12-36,48H2,1-11H3. The Labute approximate surface area is 424 Å². The first-order chi connectivity index (χ1) is 34.6. The van der Waals surface area contributed by atoms with Gasteiger partial charge in [0.1, 0.15) is 67.1 Å². The number of nitrogens with two attached hydrogens (primary N) is 1. The summed E-state index contributed by atoms with van der Waals surface area (Å²) in [4.78, 5) is 0. The van der Waals surface area contributed by atoms with Crippen LogP contribution in [0.4, 0.5) is 0 Å². The van der Waals surface area contributed by atoms with Gasteiger partial charge in [0.05, 0.1) is 145 Å². The van der Waals surface area contributed by atoms with Crippen LogP contribution in [0.1, 0.15) is 6.42 Å². The summed E-state index contributed by atoms with van der Waals surface area (Å²) < 4.78 is 126. The van der Waals surface area contributed by atoms with Crippen molar-refractivity contribution in [1.29, 1.82) is 0 Å². The van der Waals surface area contributed by atoms with Crippen LogP contribution in [0, 0.1) is 0 Å². The maximum absolute atomic E-state index is 10.00. The Balaban J connectivity index is 5.33. The molecule has 0 spiro atoms. The Hall–Kier alpha value is -0.960. The van der Waals surface area contributed by atoms with E-state index >= 15 is 0 Å². The number of rotatable bonds is 57. The van der Waals surface area contributed by atoms with Crippen molar-refractivity contribution < 1.29 is 109 Å². The molecule has 71 heavy (non-hydrogen) atoms. The number of aliphatic hydroxyl groups is 1. The van der Waals surface area contributed by atoms with Gasteiger partial charge in [0.2, 0.25) is 0 Å². The van der Waals surface area contributed by atoms with Crippen LogP contribution in [0.2, 0.25) is 0 Å². The molecule has 0 amide bonds. The third-order valence-electron chi connectivity index (χ3n) is 9.87. The Kier molecular flexibility index (Phi) is 50.5. The predicted octanol–water partition coefficient (Wildman–Crippen LogP) is -0.325. The monoisotopic (exact) mass is 1040 g/mol. The Morgan fingerprint density at radius 2 is 0.437 bits per heavy atom. The van der Waals surface area contributed by atoms with Crippen molar-refractivity contribution in [1.82, 2.24) is 0 Å². The second-order valence-corrected chi connectivity index (χ2v) is 16.4. The van der Waals surface area contributed by atoms with E-state index in [1.54, 1.807) is 71.1 Å². The lowest BCUT2D eigenvalue weighted by molar-refractivity contribution is -0.155. The highest BCUT2D eigenvalue weighted by Crippen LogP contribution is 2.11. The molecule has 0 heterocycles. The molecule has 11 unspecified atom stereocenters. The Morgan fingerprint density at radius 3 is 0.620 bits per heavy atom. The normalized spacial score (nSPS) is 16.9. The Bertz CT molecular complexity index is 1080. The largest absolute Gasteiger partial charge is 0.388 e. The number of hydrogen-bond donors (Lipinski definition) is 2. The van der Waals surface area contributed by atoms with Crippen LogP contribution in [0.5, 0.6) is 0 Å². The van der Waals surface area contributed by atoms with Crippen molar-refractivity contribution in [2.75, 3.05) is 237 Å². The molecule has 0 fully saturated rings. The van der Waals surface area contributed by atoms with Gasteiger partial charge >= 0.3 is 0 Å². The van der Waals surface area contributed by atoms with Gasteiger partial charge in [0, 0.05) is 84.8 Å². The van der Waals surface area contributed by atoms with E-state index in [4.69, 9.17) is 110 Å². The van der Waals surface area contributed by atoms with E-state index in [2.05, 4.69) is 0 Å². The van der Waals surface area contributed by atoms with Gasteiger partial charge < -0.3 is 115 Å². The molecule has 0 saturated carbocycles. The van der Waals surface area contributed by atoms with Crippen molar-refractivity contribution in [2.45, 2.75) is 73.6 Å². The van der Waals surface area contributed by atoms with Gasteiger partial charge in [-0.05, 0) is 13.0 Å². The molecule has 3 N–H and O–H groups in total. The molecule has 0 aliphatic carbocycles. The van der Waals surface area contributed by atoms with Crippen molar-refractivity contribution in [3.05, 3.63) is 0 Å². The third kappa shape index (κ3) is 40.0. The maximum Gasteiger partial charge on any atom is 0.104 e. The quantitative estimate of drug-likeness (QED) is 0.0741. The fraction of sp³-hybridized carbons (Fsp3) is 1.00. The number of aliphatic hydroxyl groups excluding tert-OH is 1. The number of hydrogen-bond acceptors (Lipinski definition) is 24. The lowest BCUT2D eigenvalue weighted by Gasteiger charge is -2.27. The molecule has 0 aromatic rings. The molecule has 0 aliphatic heterocycles. The van der Waals surface area contributed by atoms with E-state index in [1.165, 1.54) is 7.11 Å². The highest BCUT2D eigenvalue weighted by atomic mass is 16.6. The van der Waals surface area contributed by atoms with Gasteiger partial charge in [0.15, 0.2) is 0 Å². The van der Waals surface area contributed by atoms with Crippen molar-refractivity contribution in [3.63, 3.8) is 0 Å². The number of ether oxygens (including phenoxy) is 22. The second-order valence-electron chi connectivity index (χ2n) is 16.4. The molecule has 0 rings (SSSR count). The van der Waals surface area contributed by atoms with Gasteiger partial charge in [0.25, 0.3) is 0 Å². The fourth-order valence-corrected chi connectivity index (χ4v) is 6.38. The highest BCUT2D eigenvalue weighted by molar-refractivity contribution is 4.70. The van der Waals surface area contributed by atoms with E-state index < -0.39 is 54.9 Å². The van der Waals surface area contributed by atoms with Crippen LogP contribution >= 0.6 is 0 Å². The van der Waals surface area contributed by atoms with Crippen LogP contribution in [0.25, 0.3) is 0 Å². The molecule has 24 nitrogen and oxygen atoms in total. The number of methoxy groups -OCH3 is 11. The molecular weight excluding hydrogens is 947 g/mol. The van der Waals surface area contributed by atoms with E-state index in [-0.39, 0.29) is 138 Å². The summed E-state index contributed by atoms with van der Waals surface area (Å²) in [5, 5.41) is 10.00.